The van der Waals surface area contributed by atoms with Crippen LogP contribution in [-0.4, -0.2) is 34.1 Å². The van der Waals surface area contributed by atoms with E-state index < -0.39 is 6.36 Å². The molecule has 1 atom stereocenters. The van der Waals surface area contributed by atoms with Gasteiger partial charge in [-0.05, 0) is 30.9 Å². The van der Waals surface area contributed by atoms with E-state index in [1.165, 1.54) is 18.2 Å². The van der Waals surface area contributed by atoms with Gasteiger partial charge < -0.3 is 20.5 Å². The number of anilines is 3. The molecule has 0 bridgehead atoms. The summed E-state index contributed by atoms with van der Waals surface area (Å²) >= 11 is 0. The SMILES string of the molecule is CC(C)[C@@H](CO)Nc1nc(Nc2cccc(OC(F)(F)F)c2)cc(C2CC2)n1. The Kier molecular flexibility index (Phi) is 5.93. The highest BCUT2D eigenvalue weighted by Crippen LogP contribution is 2.40. The lowest BCUT2D eigenvalue weighted by atomic mass is 10.1. The molecule has 152 valence electrons. The smallest absolute Gasteiger partial charge is 0.406 e. The highest BCUT2D eigenvalue weighted by Gasteiger charge is 2.31. The maximum Gasteiger partial charge on any atom is 0.573 e. The van der Waals surface area contributed by atoms with Gasteiger partial charge in [-0.1, -0.05) is 19.9 Å². The number of alkyl halides is 3. The summed E-state index contributed by atoms with van der Waals surface area (Å²) in [6, 6.07) is 7.17. The van der Waals surface area contributed by atoms with Gasteiger partial charge >= 0.3 is 6.36 Å². The second-order valence-electron chi connectivity index (χ2n) is 7.15. The predicted molar refractivity (Wildman–Crippen MR) is 99.7 cm³/mol. The molecule has 1 fully saturated rings. The van der Waals surface area contributed by atoms with Crippen LogP contribution in [0.2, 0.25) is 0 Å². The molecule has 0 saturated heterocycles. The van der Waals surface area contributed by atoms with E-state index in [9.17, 15) is 18.3 Å². The molecule has 0 aliphatic heterocycles. The minimum atomic E-state index is -4.75. The number of nitrogens with one attached hydrogen (secondary N) is 2. The molecule has 3 N–H and O–H groups in total. The molecule has 0 spiro atoms. The van der Waals surface area contributed by atoms with Crippen molar-refractivity contribution in [3.8, 4) is 5.75 Å². The van der Waals surface area contributed by atoms with Crippen LogP contribution in [0.15, 0.2) is 30.3 Å². The zero-order chi connectivity index (χ0) is 20.3. The number of rotatable bonds is 8. The summed E-state index contributed by atoms with van der Waals surface area (Å²) in [5.74, 6) is 1.06. The van der Waals surface area contributed by atoms with E-state index in [4.69, 9.17) is 0 Å². The molecular weight excluding hydrogens is 373 g/mol. The number of aliphatic hydroxyl groups excluding tert-OH is 1. The highest BCUT2D eigenvalue weighted by molar-refractivity contribution is 5.60. The number of nitrogens with zero attached hydrogens (tertiary/aromatic N) is 2. The van der Waals surface area contributed by atoms with Crippen molar-refractivity contribution in [3.63, 3.8) is 0 Å². The van der Waals surface area contributed by atoms with E-state index in [0.29, 0.717) is 23.4 Å². The summed E-state index contributed by atoms with van der Waals surface area (Å²) in [6.45, 7) is 3.89. The van der Waals surface area contributed by atoms with Gasteiger partial charge in [-0.25, -0.2) is 4.98 Å². The fourth-order valence-corrected chi connectivity index (χ4v) is 2.69. The van der Waals surface area contributed by atoms with Crippen LogP contribution >= 0.6 is 0 Å². The maximum absolute atomic E-state index is 12.4. The lowest BCUT2D eigenvalue weighted by Gasteiger charge is -2.20. The van der Waals surface area contributed by atoms with Gasteiger partial charge in [0.2, 0.25) is 5.95 Å². The van der Waals surface area contributed by atoms with Gasteiger partial charge in [-0.15, -0.1) is 13.2 Å². The summed E-state index contributed by atoms with van der Waals surface area (Å²) in [6.07, 6.45) is -2.67. The Morgan fingerprint density at radius 2 is 1.96 bits per heavy atom. The maximum atomic E-state index is 12.4. The summed E-state index contributed by atoms with van der Waals surface area (Å²) in [4.78, 5) is 8.93. The van der Waals surface area contributed by atoms with Crippen molar-refractivity contribution < 1.29 is 23.0 Å². The first-order valence-electron chi connectivity index (χ1n) is 9.12. The van der Waals surface area contributed by atoms with E-state index in [1.807, 2.05) is 13.8 Å². The summed E-state index contributed by atoms with van der Waals surface area (Å²) < 4.78 is 41.2. The molecule has 1 aliphatic rings. The molecule has 1 aromatic carbocycles. The monoisotopic (exact) mass is 396 g/mol. The second kappa shape index (κ2) is 8.22. The van der Waals surface area contributed by atoms with E-state index in [-0.39, 0.29) is 24.3 Å². The Hall–Kier alpha value is -2.55. The Morgan fingerprint density at radius 3 is 2.57 bits per heavy atom. The first-order chi connectivity index (χ1) is 13.2. The van der Waals surface area contributed by atoms with Gasteiger partial charge in [0.25, 0.3) is 0 Å². The minimum Gasteiger partial charge on any atom is -0.406 e. The molecular formula is C19H23F3N4O2. The Balaban J connectivity index is 1.82. The second-order valence-corrected chi connectivity index (χ2v) is 7.15. The van der Waals surface area contributed by atoms with Gasteiger partial charge in [0.15, 0.2) is 0 Å². The van der Waals surface area contributed by atoms with Crippen molar-refractivity contribution in [1.29, 1.82) is 0 Å². The molecule has 3 rings (SSSR count). The number of halogens is 3. The van der Waals surface area contributed by atoms with Gasteiger partial charge in [-0.2, -0.15) is 4.98 Å². The predicted octanol–water partition coefficient (Wildman–Crippen LogP) is 4.43. The normalized spacial score (nSPS) is 15.4. The number of aliphatic hydroxyl groups is 1. The molecule has 6 nitrogen and oxygen atoms in total. The van der Waals surface area contributed by atoms with Crippen LogP contribution in [0.1, 0.15) is 38.3 Å². The molecule has 2 aromatic rings. The first kappa shape index (κ1) is 20.2. The number of aromatic nitrogens is 2. The molecule has 1 saturated carbocycles. The molecule has 28 heavy (non-hydrogen) atoms. The van der Waals surface area contributed by atoms with Gasteiger partial charge in [-0.3, -0.25) is 0 Å². The molecule has 9 heteroatoms. The van der Waals surface area contributed by atoms with Crippen molar-refractivity contribution in [2.45, 2.75) is 45.0 Å². The molecule has 1 aromatic heterocycles. The van der Waals surface area contributed by atoms with Gasteiger partial charge in [0.1, 0.15) is 11.6 Å². The number of benzene rings is 1. The van der Waals surface area contributed by atoms with Crippen LogP contribution in [0.3, 0.4) is 0 Å². The number of hydrogen-bond acceptors (Lipinski definition) is 6. The Bertz CT molecular complexity index is 810. The van der Waals surface area contributed by atoms with E-state index in [1.54, 1.807) is 12.1 Å². The van der Waals surface area contributed by atoms with Crippen LogP contribution in [0.4, 0.5) is 30.6 Å². The molecule has 0 amide bonds. The molecule has 0 unspecified atom stereocenters. The van der Waals surface area contributed by atoms with Crippen LogP contribution in [0, 0.1) is 5.92 Å². The summed E-state index contributed by atoms with van der Waals surface area (Å²) in [5, 5.41) is 15.7. The first-order valence-corrected chi connectivity index (χ1v) is 9.12. The quantitative estimate of drug-likeness (QED) is 0.613. The third-order valence-electron chi connectivity index (χ3n) is 4.40. The summed E-state index contributed by atoms with van der Waals surface area (Å²) in [7, 11) is 0. The third-order valence-corrected chi connectivity index (χ3v) is 4.40. The Morgan fingerprint density at radius 1 is 1.21 bits per heavy atom. The summed E-state index contributed by atoms with van der Waals surface area (Å²) in [5.41, 5.74) is 1.28. The van der Waals surface area contributed by atoms with Gasteiger partial charge in [0, 0.05) is 23.7 Å². The molecule has 1 heterocycles. The van der Waals surface area contributed by atoms with Crippen molar-refractivity contribution in [2.75, 3.05) is 17.2 Å². The minimum absolute atomic E-state index is 0.0612. The average molecular weight is 396 g/mol. The van der Waals surface area contributed by atoms with Crippen molar-refractivity contribution in [2.24, 2.45) is 5.92 Å². The lowest BCUT2D eigenvalue weighted by Crippen LogP contribution is -2.30. The standard InChI is InChI=1S/C19H23F3N4O2/c1-11(2)16(10-27)25-18-24-15(12-6-7-12)9-17(26-18)23-13-4-3-5-14(8-13)28-19(20,21)22/h3-5,8-9,11-12,16,27H,6-7,10H2,1-2H3,(H2,23,24,25,26)/t16-/m1/s1. The van der Waals surface area contributed by atoms with E-state index in [0.717, 1.165) is 18.5 Å². The number of hydrogen-bond donors (Lipinski definition) is 3. The fraction of sp³-hybridized carbons (Fsp3) is 0.474. The Labute approximate surface area is 161 Å². The van der Waals surface area contributed by atoms with Crippen molar-refractivity contribution >= 4 is 17.5 Å². The lowest BCUT2D eigenvalue weighted by molar-refractivity contribution is -0.274. The van der Waals surface area contributed by atoms with Crippen LogP contribution in [0.5, 0.6) is 5.75 Å². The van der Waals surface area contributed by atoms with Crippen molar-refractivity contribution in [3.05, 3.63) is 36.0 Å². The zero-order valence-electron chi connectivity index (χ0n) is 15.6. The van der Waals surface area contributed by atoms with Crippen LogP contribution < -0.4 is 15.4 Å². The van der Waals surface area contributed by atoms with Crippen LogP contribution in [-0.2, 0) is 0 Å². The van der Waals surface area contributed by atoms with E-state index >= 15 is 0 Å². The topological polar surface area (TPSA) is 79.3 Å². The van der Waals surface area contributed by atoms with Gasteiger partial charge in [0.05, 0.1) is 18.3 Å². The highest BCUT2D eigenvalue weighted by atomic mass is 19.4. The average Bonchev–Trinajstić information content (AvgIpc) is 3.43. The largest absolute Gasteiger partial charge is 0.573 e. The van der Waals surface area contributed by atoms with E-state index in [2.05, 4.69) is 25.3 Å². The zero-order valence-corrected chi connectivity index (χ0v) is 15.6. The molecule has 1 aliphatic carbocycles. The molecule has 0 radical (unpaired) electrons. The number of ether oxygens (including phenoxy) is 1. The third kappa shape index (κ3) is 5.72. The van der Waals surface area contributed by atoms with Crippen LogP contribution in [0.25, 0.3) is 0 Å². The fourth-order valence-electron chi connectivity index (χ4n) is 2.69. The van der Waals surface area contributed by atoms with Crippen molar-refractivity contribution in [1.82, 2.24) is 9.97 Å².